The SMILES string of the molecule is COCC1(C(=O)N2CCN(Cc3ccc(OC)c(F)c3)CC2)CCNCC1. The smallest absolute Gasteiger partial charge is 0.231 e. The first kappa shape index (κ1) is 20.0. The van der Waals surface area contributed by atoms with Crippen LogP contribution in [0.5, 0.6) is 5.75 Å². The zero-order valence-electron chi connectivity index (χ0n) is 16.3. The van der Waals surface area contributed by atoms with Crippen LogP contribution in [0.2, 0.25) is 0 Å². The number of nitrogens with one attached hydrogen (secondary N) is 1. The number of carbonyl (C=O) groups is 1. The van der Waals surface area contributed by atoms with Crippen LogP contribution in [0, 0.1) is 11.2 Å². The Morgan fingerprint density at radius 2 is 1.89 bits per heavy atom. The number of hydrogen-bond acceptors (Lipinski definition) is 5. The van der Waals surface area contributed by atoms with Crippen LogP contribution in [0.25, 0.3) is 0 Å². The first-order chi connectivity index (χ1) is 13.1. The van der Waals surface area contributed by atoms with Gasteiger partial charge in [0.2, 0.25) is 5.91 Å². The molecular weight excluding hydrogens is 349 g/mol. The highest BCUT2D eigenvalue weighted by Gasteiger charge is 2.42. The average Bonchev–Trinajstić information content (AvgIpc) is 2.69. The maximum Gasteiger partial charge on any atom is 0.231 e. The van der Waals surface area contributed by atoms with E-state index in [1.165, 1.54) is 13.2 Å². The summed E-state index contributed by atoms with van der Waals surface area (Å²) in [4.78, 5) is 17.4. The highest BCUT2D eigenvalue weighted by molar-refractivity contribution is 5.83. The maximum absolute atomic E-state index is 13.9. The Kier molecular flexibility index (Phi) is 6.68. The molecule has 1 aromatic carbocycles. The van der Waals surface area contributed by atoms with Crippen molar-refractivity contribution in [3.8, 4) is 5.75 Å². The van der Waals surface area contributed by atoms with E-state index in [4.69, 9.17) is 9.47 Å². The van der Waals surface area contributed by atoms with Crippen LogP contribution in [-0.2, 0) is 16.1 Å². The molecule has 0 aromatic heterocycles. The van der Waals surface area contributed by atoms with E-state index < -0.39 is 0 Å². The van der Waals surface area contributed by atoms with Gasteiger partial charge >= 0.3 is 0 Å². The molecule has 0 atom stereocenters. The summed E-state index contributed by atoms with van der Waals surface area (Å²) >= 11 is 0. The molecule has 2 fully saturated rings. The van der Waals surface area contributed by atoms with Crippen molar-refractivity contribution in [2.24, 2.45) is 5.41 Å². The average molecular weight is 379 g/mol. The standard InChI is InChI=1S/C20H30FN3O3/c1-26-15-20(5-7-22-8-6-20)19(25)24-11-9-23(10-12-24)14-16-3-4-18(27-2)17(21)13-16/h3-4,13,22H,5-12,14-15H2,1-2H3. The largest absolute Gasteiger partial charge is 0.494 e. The monoisotopic (exact) mass is 379 g/mol. The van der Waals surface area contributed by atoms with Gasteiger partial charge in [0.05, 0.1) is 19.1 Å². The second kappa shape index (κ2) is 8.99. The van der Waals surface area contributed by atoms with Gasteiger partial charge in [-0.3, -0.25) is 9.69 Å². The summed E-state index contributed by atoms with van der Waals surface area (Å²) in [5.74, 6) is 0.150. The molecule has 27 heavy (non-hydrogen) atoms. The van der Waals surface area contributed by atoms with E-state index in [2.05, 4.69) is 10.2 Å². The van der Waals surface area contributed by atoms with Gasteiger partial charge in [0.15, 0.2) is 11.6 Å². The summed E-state index contributed by atoms with van der Waals surface area (Å²) in [5.41, 5.74) is 0.531. The lowest BCUT2D eigenvalue weighted by Gasteiger charge is -2.42. The molecule has 0 aliphatic carbocycles. The summed E-state index contributed by atoms with van der Waals surface area (Å²) < 4.78 is 24.2. The van der Waals surface area contributed by atoms with E-state index in [0.29, 0.717) is 26.2 Å². The lowest BCUT2D eigenvalue weighted by Crippen LogP contribution is -2.56. The summed E-state index contributed by atoms with van der Waals surface area (Å²) in [6.07, 6.45) is 1.65. The first-order valence-electron chi connectivity index (χ1n) is 9.62. The summed E-state index contributed by atoms with van der Waals surface area (Å²) in [7, 11) is 3.13. The molecule has 6 nitrogen and oxygen atoms in total. The van der Waals surface area contributed by atoms with Gasteiger partial charge in [0, 0.05) is 39.8 Å². The third-order valence-corrected chi connectivity index (χ3v) is 5.72. The minimum Gasteiger partial charge on any atom is -0.494 e. The predicted molar refractivity (Wildman–Crippen MR) is 101 cm³/mol. The number of piperidine rings is 1. The van der Waals surface area contributed by atoms with E-state index in [9.17, 15) is 9.18 Å². The van der Waals surface area contributed by atoms with Crippen LogP contribution in [0.4, 0.5) is 4.39 Å². The van der Waals surface area contributed by atoms with Crippen molar-refractivity contribution in [2.75, 3.05) is 60.1 Å². The summed E-state index contributed by atoms with van der Waals surface area (Å²) in [6, 6.07) is 5.08. The summed E-state index contributed by atoms with van der Waals surface area (Å²) in [6.45, 7) is 5.87. The molecule has 0 spiro atoms. The quantitative estimate of drug-likeness (QED) is 0.812. The van der Waals surface area contributed by atoms with Crippen molar-refractivity contribution in [3.05, 3.63) is 29.6 Å². The van der Waals surface area contributed by atoms with Crippen LogP contribution in [0.1, 0.15) is 18.4 Å². The normalized spacial score (nSPS) is 20.5. The number of methoxy groups -OCH3 is 2. The molecule has 2 aliphatic heterocycles. The maximum atomic E-state index is 13.9. The molecular formula is C20H30FN3O3. The molecule has 3 rings (SSSR count). The molecule has 2 saturated heterocycles. The summed E-state index contributed by atoms with van der Waals surface area (Å²) in [5, 5.41) is 3.33. The second-order valence-corrected chi connectivity index (χ2v) is 7.50. The van der Waals surface area contributed by atoms with Gasteiger partial charge in [-0.15, -0.1) is 0 Å². The van der Waals surface area contributed by atoms with Gasteiger partial charge in [-0.25, -0.2) is 4.39 Å². The Morgan fingerprint density at radius 1 is 1.19 bits per heavy atom. The predicted octanol–water partition coefficient (Wildman–Crippen LogP) is 1.49. The van der Waals surface area contributed by atoms with Crippen molar-refractivity contribution in [2.45, 2.75) is 19.4 Å². The Labute approximate surface area is 160 Å². The van der Waals surface area contributed by atoms with Crippen LogP contribution in [-0.4, -0.2) is 75.8 Å². The Hall–Kier alpha value is -1.70. The molecule has 1 N–H and O–H groups in total. The second-order valence-electron chi connectivity index (χ2n) is 7.50. The Balaban J connectivity index is 1.56. The number of benzene rings is 1. The number of amides is 1. The van der Waals surface area contributed by atoms with Crippen LogP contribution in [0.15, 0.2) is 18.2 Å². The number of piperazine rings is 1. The van der Waals surface area contributed by atoms with Crippen LogP contribution < -0.4 is 10.1 Å². The van der Waals surface area contributed by atoms with E-state index in [1.54, 1.807) is 13.2 Å². The molecule has 0 saturated carbocycles. The zero-order chi connectivity index (χ0) is 19.3. The van der Waals surface area contributed by atoms with Gasteiger partial charge in [0.25, 0.3) is 0 Å². The fourth-order valence-corrected chi connectivity index (χ4v) is 4.11. The highest BCUT2D eigenvalue weighted by atomic mass is 19.1. The van der Waals surface area contributed by atoms with Crippen LogP contribution in [0.3, 0.4) is 0 Å². The van der Waals surface area contributed by atoms with Crippen molar-refractivity contribution in [3.63, 3.8) is 0 Å². The lowest BCUT2D eigenvalue weighted by molar-refractivity contribution is -0.149. The zero-order valence-corrected chi connectivity index (χ0v) is 16.3. The number of halogens is 1. The molecule has 2 aliphatic rings. The molecule has 0 bridgehead atoms. The minimum absolute atomic E-state index is 0.223. The van der Waals surface area contributed by atoms with E-state index in [1.807, 2.05) is 11.0 Å². The van der Waals surface area contributed by atoms with E-state index in [0.717, 1.165) is 44.6 Å². The highest BCUT2D eigenvalue weighted by Crippen LogP contribution is 2.32. The van der Waals surface area contributed by atoms with E-state index >= 15 is 0 Å². The van der Waals surface area contributed by atoms with E-state index in [-0.39, 0.29) is 22.9 Å². The number of nitrogens with zero attached hydrogens (tertiary/aromatic N) is 2. The minimum atomic E-state index is -0.388. The molecule has 1 amide bonds. The van der Waals surface area contributed by atoms with Crippen LogP contribution >= 0.6 is 0 Å². The molecule has 150 valence electrons. The first-order valence-corrected chi connectivity index (χ1v) is 9.62. The van der Waals surface area contributed by atoms with Gasteiger partial charge in [-0.05, 0) is 43.6 Å². The van der Waals surface area contributed by atoms with Crippen molar-refractivity contribution in [1.29, 1.82) is 0 Å². The third kappa shape index (κ3) is 4.59. The molecule has 1 aromatic rings. The molecule has 0 radical (unpaired) electrons. The Bertz CT molecular complexity index is 636. The topological polar surface area (TPSA) is 54.0 Å². The third-order valence-electron chi connectivity index (χ3n) is 5.72. The Morgan fingerprint density at radius 3 is 2.48 bits per heavy atom. The molecule has 7 heteroatoms. The number of carbonyl (C=O) groups excluding carboxylic acids is 1. The molecule has 2 heterocycles. The number of rotatable bonds is 6. The lowest BCUT2D eigenvalue weighted by atomic mass is 9.78. The van der Waals surface area contributed by atoms with Gasteiger partial charge in [-0.1, -0.05) is 6.07 Å². The number of ether oxygens (including phenoxy) is 2. The van der Waals surface area contributed by atoms with Gasteiger partial charge in [0.1, 0.15) is 0 Å². The molecule has 0 unspecified atom stereocenters. The fraction of sp³-hybridized carbons (Fsp3) is 0.650. The number of hydrogen-bond donors (Lipinski definition) is 1. The van der Waals surface area contributed by atoms with Crippen molar-refractivity contribution >= 4 is 5.91 Å². The fourth-order valence-electron chi connectivity index (χ4n) is 4.11. The van der Waals surface area contributed by atoms with Gasteiger partial charge in [-0.2, -0.15) is 0 Å². The van der Waals surface area contributed by atoms with Crippen molar-refractivity contribution in [1.82, 2.24) is 15.1 Å². The van der Waals surface area contributed by atoms with Crippen molar-refractivity contribution < 1.29 is 18.7 Å². The van der Waals surface area contributed by atoms with Gasteiger partial charge < -0.3 is 19.7 Å².